The third-order valence-corrected chi connectivity index (χ3v) is 4.30. The number of hydrogen-bond donors (Lipinski definition) is 1. The van der Waals surface area contributed by atoms with Gasteiger partial charge in [0.1, 0.15) is 12.1 Å². The van der Waals surface area contributed by atoms with E-state index < -0.39 is 0 Å². The minimum Gasteiger partial charge on any atom is -0.363 e. The molecule has 0 fully saturated rings. The van der Waals surface area contributed by atoms with Gasteiger partial charge in [0.15, 0.2) is 0 Å². The maximum absolute atomic E-state index is 4.52. The van der Waals surface area contributed by atoms with Crippen LogP contribution < -0.4 is 5.32 Å². The van der Waals surface area contributed by atoms with Gasteiger partial charge in [-0.15, -0.1) is 0 Å². The molecule has 3 rings (SSSR count). The summed E-state index contributed by atoms with van der Waals surface area (Å²) >= 11 is 0. The highest BCUT2D eigenvalue weighted by atomic mass is 15.0. The van der Waals surface area contributed by atoms with Crippen LogP contribution in [0.5, 0.6) is 0 Å². The van der Waals surface area contributed by atoms with Crippen molar-refractivity contribution >= 4 is 5.82 Å². The fourth-order valence-corrected chi connectivity index (χ4v) is 3.09. The normalized spacial score (nSPS) is 15.9. The highest BCUT2D eigenvalue weighted by Gasteiger charge is 2.17. The lowest BCUT2D eigenvalue weighted by molar-refractivity contribution is 0.707. The van der Waals surface area contributed by atoms with Crippen molar-refractivity contribution < 1.29 is 0 Å². The molecular weight excluding hydrogens is 258 g/mol. The van der Waals surface area contributed by atoms with E-state index in [9.17, 15) is 0 Å². The summed E-state index contributed by atoms with van der Waals surface area (Å²) in [6.45, 7) is 2.21. The van der Waals surface area contributed by atoms with Crippen LogP contribution in [0.2, 0.25) is 0 Å². The van der Waals surface area contributed by atoms with Crippen LogP contribution in [0.4, 0.5) is 5.82 Å². The number of rotatable bonds is 4. The first-order valence-electron chi connectivity index (χ1n) is 8.02. The van der Waals surface area contributed by atoms with Gasteiger partial charge < -0.3 is 5.32 Å². The Morgan fingerprint density at radius 1 is 1.05 bits per heavy atom. The van der Waals surface area contributed by atoms with Gasteiger partial charge in [0.05, 0.1) is 6.04 Å². The molecule has 0 spiro atoms. The molecule has 1 aliphatic carbocycles. The van der Waals surface area contributed by atoms with Crippen LogP contribution in [0.1, 0.15) is 55.5 Å². The Labute approximate surface area is 126 Å². The fourth-order valence-electron chi connectivity index (χ4n) is 3.09. The summed E-state index contributed by atoms with van der Waals surface area (Å²) in [4.78, 5) is 9.02. The van der Waals surface area contributed by atoms with Crippen LogP contribution >= 0.6 is 0 Å². The van der Waals surface area contributed by atoms with Crippen molar-refractivity contribution in [2.24, 2.45) is 0 Å². The Morgan fingerprint density at radius 2 is 1.86 bits per heavy atom. The van der Waals surface area contributed by atoms with E-state index in [2.05, 4.69) is 52.5 Å². The fraction of sp³-hybridized carbons (Fsp3) is 0.444. The second-order valence-corrected chi connectivity index (χ2v) is 5.72. The van der Waals surface area contributed by atoms with Gasteiger partial charge in [-0.3, -0.25) is 0 Å². The molecule has 3 nitrogen and oxygen atoms in total. The van der Waals surface area contributed by atoms with Crippen LogP contribution in [0, 0.1) is 0 Å². The molecule has 2 aromatic rings. The zero-order chi connectivity index (χ0) is 14.5. The van der Waals surface area contributed by atoms with Crippen molar-refractivity contribution in [3.63, 3.8) is 0 Å². The van der Waals surface area contributed by atoms with Crippen molar-refractivity contribution in [1.29, 1.82) is 0 Å². The Hall–Kier alpha value is -1.90. The largest absolute Gasteiger partial charge is 0.363 e. The summed E-state index contributed by atoms with van der Waals surface area (Å²) in [7, 11) is 0. The summed E-state index contributed by atoms with van der Waals surface area (Å²) in [5.74, 6) is 1.04. The van der Waals surface area contributed by atoms with Crippen LogP contribution in [0.25, 0.3) is 0 Å². The molecule has 3 heteroatoms. The average molecular weight is 281 g/mol. The predicted molar refractivity (Wildman–Crippen MR) is 86.4 cm³/mol. The molecule has 110 valence electrons. The number of nitrogens with zero attached hydrogens (tertiary/aromatic N) is 2. The minimum atomic E-state index is 0.313. The van der Waals surface area contributed by atoms with Crippen molar-refractivity contribution in [2.45, 2.75) is 51.5 Å². The minimum absolute atomic E-state index is 0.313. The van der Waals surface area contributed by atoms with E-state index in [1.54, 1.807) is 6.33 Å². The summed E-state index contributed by atoms with van der Waals surface area (Å²) in [5.41, 5.74) is 3.90. The average Bonchev–Trinajstić information content (AvgIpc) is 2.79. The SMILES string of the molecule is CCC(Nc1ncnc2c1CCCCC2)c1ccccc1. The highest BCUT2D eigenvalue weighted by molar-refractivity contribution is 5.48. The molecule has 0 bridgehead atoms. The molecule has 0 radical (unpaired) electrons. The van der Waals surface area contributed by atoms with Gasteiger partial charge in [-0.05, 0) is 37.7 Å². The molecule has 21 heavy (non-hydrogen) atoms. The second-order valence-electron chi connectivity index (χ2n) is 5.72. The number of hydrogen-bond acceptors (Lipinski definition) is 3. The zero-order valence-electron chi connectivity index (χ0n) is 12.7. The van der Waals surface area contributed by atoms with E-state index in [-0.39, 0.29) is 0 Å². The third kappa shape index (κ3) is 3.23. The number of aryl methyl sites for hydroxylation is 1. The van der Waals surface area contributed by atoms with Gasteiger partial charge in [-0.1, -0.05) is 43.7 Å². The van der Waals surface area contributed by atoms with Gasteiger partial charge in [-0.25, -0.2) is 9.97 Å². The van der Waals surface area contributed by atoms with E-state index >= 15 is 0 Å². The summed E-state index contributed by atoms with van der Waals surface area (Å²) in [5, 5.41) is 3.65. The van der Waals surface area contributed by atoms with Gasteiger partial charge in [-0.2, -0.15) is 0 Å². The predicted octanol–water partition coefficient (Wildman–Crippen LogP) is 4.31. The quantitative estimate of drug-likeness (QED) is 0.849. The number of aromatic nitrogens is 2. The lowest BCUT2D eigenvalue weighted by Gasteiger charge is -2.20. The summed E-state index contributed by atoms with van der Waals surface area (Å²) in [6, 6.07) is 10.9. The van der Waals surface area contributed by atoms with Crippen LogP contribution in [-0.4, -0.2) is 9.97 Å². The monoisotopic (exact) mass is 281 g/mol. The summed E-state index contributed by atoms with van der Waals surface area (Å²) in [6.07, 6.45) is 8.74. The summed E-state index contributed by atoms with van der Waals surface area (Å²) < 4.78 is 0. The van der Waals surface area contributed by atoms with Gasteiger partial charge in [0.25, 0.3) is 0 Å². The molecule has 1 atom stereocenters. The van der Waals surface area contributed by atoms with Crippen LogP contribution in [0.15, 0.2) is 36.7 Å². The molecule has 0 amide bonds. The van der Waals surface area contributed by atoms with Crippen molar-refractivity contribution in [2.75, 3.05) is 5.32 Å². The number of anilines is 1. The maximum atomic E-state index is 4.52. The van der Waals surface area contributed by atoms with Crippen LogP contribution in [-0.2, 0) is 12.8 Å². The molecule has 1 aromatic carbocycles. The molecule has 0 saturated carbocycles. The van der Waals surface area contributed by atoms with Crippen molar-refractivity contribution in [3.8, 4) is 0 Å². The Kier molecular flexibility index (Phi) is 4.49. The first kappa shape index (κ1) is 14.1. The second kappa shape index (κ2) is 6.70. The number of fused-ring (bicyclic) bond motifs is 1. The maximum Gasteiger partial charge on any atom is 0.133 e. The highest BCUT2D eigenvalue weighted by Crippen LogP contribution is 2.28. The van der Waals surface area contributed by atoms with Crippen molar-refractivity contribution in [1.82, 2.24) is 9.97 Å². The molecule has 0 aliphatic heterocycles. The molecule has 1 unspecified atom stereocenters. The molecule has 1 aromatic heterocycles. The molecule has 1 heterocycles. The third-order valence-electron chi connectivity index (χ3n) is 4.30. The van der Waals surface area contributed by atoms with E-state index in [4.69, 9.17) is 0 Å². The number of benzene rings is 1. The zero-order valence-corrected chi connectivity index (χ0v) is 12.7. The Balaban J connectivity index is 1.87. The first-order chi connectivity index (χ1) is 10.4. The first-order valence-corrected chi connectivity index (χ1v) is 8.02. The Morgan fingerprint density at radius 3 is 2.67 bits per heavy atom. The lowest BCUT2D eigenvalue weighted by Crippen LogP contribution is -2.14. The van der Waals surface area contributed by atoms with Crippen LogP contribution in [0.3, 0.4) is 0 Å². The van der Waals surface area contributed by atoms with Gasteiger partial charge in [0, 0.05) is 11.3 Å². The lowest BCUT2D eigenvalue weighted by atomic mass is 10.0. The van der Waals surface area contributed by atoms with E-state index in [0.717, 1.165) is 25.1 Å². The van der Waals surface area contributed by atoms with E-state index in [0.29, 0.717) is 6.04 Å². The topological polar surface area (TPSA) is 37.8 Å². The standard InChI is InChI=1S/C18H23N3/c1-2-16(14-9-5-3-6-10-14)21-18-15-11-7-4-8-12-17(15)19-13-20-18/h3,5-6,9-10,13,16H,2,4,7-8,11-12H2,1H3,(H,19,20,21). The van der Waals surface area contributed by atoms with Gasteiger partial charge >= 0.3 is 0 Å². The van der Waals surface area contributed by atoms with Gasteiger partial charge in [0.2, 0.25) is 0 Å². The molecule has 0 saturated heterocycles. The number of nitrogens with one attached hydrogen (secondary N) is 1. The van der Waals surface area contributed by atoms with Crippen molar-refractivity contribution in [3.05, 3.63) is 53.5 Å². The van der Waals surface area contributed by atoms with E-state index in [1.165, 1.54) is 36.1 Å². The molecule has 1 N–H and O–H groups in total. The molecular formula is C18H23N3. The van der Waals surface area contributed by atoms with E-state index in [1.807, 2.05) is 0 Å². The molecule has 1 aliphatic rings. The smallest absolute Gasteiger partial charge is 0.133 e. The Bertz CT molecular complexity index is 580.